The number of aromatic nitrogens is 1. The van der Waals surface area contributed by atoms with Crippen LogP contribution in [0.5, 0.6) is 17.2 Å². The molecule has 3 aromatic rings. The average Bonchev–Trinajstić information content (AvgIpc) is 2.96. The summed E-state index contributed by atoms with van der Waals surface area (Å²) in [5.74, 6) is -1.20. The fourth-order valence-electron chi connectivity index (χ4n) is 4.55. The summed E-state index contributed by atoms with van der Waals surface area (Å²) in [5.41, 5.74) is 1.44. The van der Waals surface area contributed by atoms with Crippen molar-refractivity contribution in [3.63, 3.8) is 0 Å². The van der Waals surface area contributed by atoms with Gasteiger partial charge in [0.15, 0.2) is 21.3 Å². The minimum absolute atomic E-state index is 0.0140. The minimum Gasteiger partial charge on any atom is -0.493 e. The summed E-state index contributed by atoms with van der Waals surface area (Å²) in [6.45, 7) is 1.77. The molecule has 2 unspecified atom stereocenters. The molecule has 0 N–H and O–H groups in total. The number of ether oxygens (including phenoxy) is 3. The van der Waals surface area contributed by atoms with Crippen LogP contribution < -0.4 is 14.2 Å². The van der Waals surface area contributed by atoms with Gasteiger partial charge in [0.2, 0.25) is 5.75 Å². The summed E-state index contributed by atoms with van der Waals surface area (Å²) < 4.78 is 44.1. The highest BCUT2D eigenvalue weighted by Crippen LogP contribution is 2.38. The van der Waals surface area contributed by atoms with E-state index in [0.717, 1.165) is 10.5 Å². The number of rotatable bonds is 13. The van der Waals surface area contributed by atoms with Gasteiger partial charge in [-0.25, -0.2) is 8.42 Å². The Hall–Kier alpha value is -3.92. The van der Waals surface area contributed by atoms with Gasteiger partial charge in [-0.15, -0.1) is 0 Å². The molecule has 0 bridgehead atoms. The van der Waals surface area contributed by atoms with Crippen LogP contribution >= 0.6 is 0 Å². The van der Waals surface area contributed by atoms with Crippen molar-refractivity contribution >= 4 is 21.5 Å². The normalized spacial score (nSPS) is 12.7. The van der Waals surface area contributed by atoms with Crippen LogP contribution in [-0.2, 0) is 21.1 Å². The second-order valence-corrected chi connectivity index (χ2v) is 11.2. The van der Waals surface area contributed by atoms with Crippen molar-refractivity contribution in [3.8, 4) is 17.2 Å². The summed E-state index contributed by atoms with van der Waals surface area (Å²) in [7, 11) is 1.58. The number of pyridine rings is 1. The molecule has 3 rings (SSSR count). The summed E-state index contributed by atoms with van der Waals surface area (Å²) in [6, 6.07) is 15.5. The summed E-state index contributed by atoms with van der Waals surface area (Å²) >= 11 is 0. The minimum atomic E-state index is -3.99. The van der Waals surface area contributed by atoms with Crippen molar-refractivity contribution in [2.24, 2.45) is 0 Å². The van der Waals surface area contributed by atoms with E-state index in [4.69, 9.17) is 14.2 Å². The van der Waals surface area contributed by atoms with Crippen LogP contribution in [0.4, 0.5) is 0 Å². The molecule has 0 aliphatic carbocycles. The second-order valence-electron chi connectivity index (χ2n) is 8.91. The van der Waals surface area contributed by atoms with E-state index in [1.165, 1.54) is 46.7 Å². The molecule has 9 nitrogen and oxygen atoms in total. The van der Waals surface area contributed by atoms with Gasteiger partial charge in [-0.05, 0) is 48.6 Å². The molecule has 1 amide bonds. The number of carbonyl (C=O) groups excluding carboxylic acids is 2. The molecule has 208 valence electrons. The van der Waals surface area contributed by atoms with Crippen LogP contribution in [0, 0.1) is 0 Å². The van der Waals surface area contributed by atoms with Crippen molar-refractivity contribution in [1.82, 2.24) is 9.88 Å². The van der Waals surface area contributed by atoms with Crippen molar-refractivity contribution in [3.05, 3.63) is 83.7 Å². The van der Waals surface area contributed by atoms with E-state index in [0.29, 0.717) is 12.0 Å². The Bertz CT molecular complexity index is 1350. The number of sulfone groups is 1. The molecule has 0 spiro atoms. The van der Waals surface area contributed by atoms with Crippen LogP contribution in [0.3, 0.4) is 0 Å². The molecule has 0 fully saturated rings. The molecular formula is C29H34N2O7S. The molecule has 0 saturated heterocycles. The lowest BCUT2D eigenvalue weighted by atomic mass is 10.1. The number of nitrogens with zero attached hydrogens (tertiary/aromatic N) is 2. The van der Waals surface area contributed by atoms with Crippen LogP contribution in [0.25, 0.3) is 0 Å². The van der Waals surface area contributed by atoms with E-state index >= 15 is 0 Å². The molecule has 2 atom stereocenters. The molecule has 0 aliphatic rings. The highest BCUT2D eigenvalue weighted by Gasteiger charge is 2.40. The van der Waals surface area contributed by atoms with Gasteiger partial charge in [0.1, 0.15) is 5.37 Å². The average molecular weight is 555 g/mol. The van der Waals surface area contributed by atoms with Gasteiger partial charge < -0.3 is 19.1 Å². The number of hydrogen-bond donors (Lipinski definition) is 0. The summed E-state index contributed by atoms with van der Waals surface area (Å²) in [6.07, 6.45) is 3.86. The molecule has 1 aromatic heterocycles. The number of likely N-dealkylation sites (N-methyl/N-ethyl adjacent to an activating group) is 1. The molecule has 1 heterocycles. The predicted molar refractivity (Wildman–Crippen MR) is 148 cm³/mol. The van der Waals surface area contributed by atoms with Gasteiger partial charge in [-0.3, -0.25) is 14.6 Å². The lowest BCUT2D eigenvalue weighted by molar-refractivity contribution is -0.126. The largest absolute Gasteiger partial charge is 0.493 e. The number of carbonyl (C=O) groups is 2. The van der Waals surface area contributed by atoms with E-state index < -0.39 is 32.2 Å². The van der Waals surface area contributed by atoms with Gasteiger partial charge in [0.25, 0.3) is 11.7 Å². The topological polar surface area (TPSA) is 112 Å². The Balaban J connectivity index is 2.01. The Morgan fingerprint density at radius 3 is 2.10 bits per heavy atom. The number of ketones is 1. The standard InChI is InChI=1S/C29H34N2O7S/c1-6-25(21-13-10-16-30-19-21)39(34,35)26(15-14-20-11-8-7-9-12-20)31(2)29(33)27(32)22-17-23(36-3)28(38-5)24(18-22)37-4/h7-13,16-19,25-26H,6,14-15H2,1-5H3. The van der Waals surface area contributed by atoms with Crippen molar-refractivity contribution in [2.45, 2.75) is 36.8 Å². The SMILES string of the molecule is CCC(c1cccnc1)S(=O)(=O)C(CCc1ccccc1)N(C)C(=O)C(=O)c1cc(OC)c(OC)c(OC)c1. The number of aryl methyl sites for hydroxylation is 1. The van der Waals surface area contributed by atoms with Crippen LogP contribution in [-0.4, -0.2) is 63.7 Å². The third-order valence-corrected chi connectivity index (χ3v) is 9.31. The number of amides is 1. The van der Waals surface area contributed by atoms with Gasteiger partial charge in [0.05, 0.1) is 26.6 Å². The molecule has 2 aromatic carbocycles. The zero-order chi connectivity index (χ0) is 28.6. The Morgan fingerprint density at radius 2 is 1.59 bits per heavy atom. The smallest absolute Gasteiger partial charge is 0.295 e. The third-order valence-electron chi connectivity index (χ3n) is 6.60. The Kier molecular flexibility index (Phi) is 10.1. The first-order valence-electron chi connectivity index (χ1n) is 12.5. The van der Waals surface area contributed by atoms with E-state index in [1.54, 1.807) is 25.3 Å². The maximum atomic E-state index is 14.1. The van der Waals surface area contributed by atoms with Gasteiger partial charge >= 0.3 is 0 Å². The highest BCUT2D eigenvalue weighted by molar-refractivity contribution is 7.92. The van der Waals surface area contributed by atoms with Gasteiger partial charge in [0, 0.05) is 25.0 Å². The Labute approximate surface area is 229 Å². The summed E-state index contributed by atoms with van der Waals surface area (Å²) in [5, 5.41) is -2.17. The van der Waals surface area contributed by atoms with Crippen molar-refractivity contribution in [2.75, 3.05) is 28.4 Å². The molecule has 10 heteroatoms. The predicted octanol–water partition coefficient (Wildman–Crippen LogP) is 4.27. The maximum absolute atomic E-state index is 14.1. The van der Waals surface area contributed by atoms with E-state index in [-0.39, 0.29) is 35.7 Å². The zero-order valence-corrected chi connectivity index (χ0v) is 23.6. The van der Waals surface area contributed by atoms with Crippen molar-refractivity contribution in [1.29, 1.82) is 0 Å². The monoisotopic (exact) mass is 554 g/mol. The van der Waals surface area contributed by atoms with E-state index in [9.17, 15) is 18.0 Å². The number of methoxy groups -OCH3 is 3. The fourth-order valence-corrected chi connectivity index (χ4v) is 6.90. The van der Waals surface area contributed by atoms with Crippen LogP contribution in [0.15, 0.2) is 67.0 Å². The zero-order valence-electron chi connectivity index (χ0n) is 22.8. The third kappa shape index (κ3) is 6.57. The Morgan fingerprint density at radius 1 is 0.949 bits per heavy atom. The van der Waals surface area contributed by atoms with Crippen LogP contribution in [0.1, 0.15) is 46.5 Å². The number of hydrogen-bond acceptors (Lipinski definition) is 8. The highest BCUT2D eigenvalue weighted by atomic mass is 32.2. The van der Waals surface area contributed by atoms with Gasteiger partial charge in [-0.2, -0.15) is 0 Å². The van der Waals surface area contributed by atoms with Gasteiger partial charge in [-0.1, -0.05) is 43.3 Å². The summed E-state index contributed by atoms with van der Waals surface area (Å²) in [4.78, 5) is 32.0. The molecular weight excluding hydrogens is 520 g/mol. The lowest BCUT2D eigenvalue weighted by Gasteiger charge is -2.31. The molecule has 0 saturated carbocycles. The molecule has 0 aliphatic heterocycles. The quantitative estimate of drug-likeness (QED) is 0.227. The first-order chi connectivity index (χ1) is 18.7. The molecule has 0 radical (unpaired) electrons. The lowest BCUT2D eigenvalue weighted by Crippen LogP contribution is -2.47. The second kappa shape index (κ2) is 13.2. The fraction of sp³-hybridized carbons (Fsp3) is 0.345. The van der Waals surface area contributed by atoms with E-state index in [2.05, 4.69) is 4.98 Å². The van der Waals surface area contributed by atoms with Crippen LogP contribution in [0.2, 0.25) is 0 Å². The number of Topliss-reactive ketones (excluding diaryl/α,β-unsaturated/α-hetero) is 1. The van der Waals surface area contributed by atoms with Crippen molar-refractivity contribution < 1.29 is 32.2 Å². The first-order valence-corrected chi connectivity index (χ1v) is 14.1. The first kappa shape index (κ1) is 29.6. The number of benzene rings is 2. The molecule has 39 heavy (non-hydrogen) atoms. The maximum Gasteiger partial charge on any atom is 0.295 e. The van der Waals surface area contributed by atoms with E-state index in [1.807, 2.05) is 30.3 Å².